The normalized spacial score (nSPS) is 12.0. The van der Waals surface area contributed by atoms with Crippen molar-refractivity contribution in [3.05, 3.63) is 73.9 Å². The first-order valence-electron chi connectivity index (χ1n) is 6.75. The molecule has 2 aromatic rings. The molecule has 24 heavy (non-hydrogen) atoms. The monoisotopic (exact) mass is 383 g/mol. The van der Waals surface area contributed by atoms with Gasteiger partial charge in [0.15, 0.2) is 9.84 Å². The molecular formula is C17H12Cl2FNO2S. The molecule has 0 amide bonds. The van der Waals surface area contributed by atoms with Gasteiger partial charge in [-0.05, 0) is 29.3 Å². The maximum atomic E-state index is 14.6. The number of halogens is 3. The van der Waals surface area contributed by atoms with Gasteiger partial charge in [0.2, 0.25) is 0 Å². The summed E-state index contributed by atoms with van der Waals surface area (Å²) in [6.45, 7) is 0. The van der Waals surface area contributed by atoms with E-state index in [9.17, 15) is 12.8 Å². The standard InChI is InChI=1S/C17H12Cl2FNO2S/c1-24(22,23)14(10-21)9-13-4-2-3-12(17(13)20)7-11-5-6-15(18)16(19)8-11/h2-6,8-9H,7H2,1H3/b14-9+. The van der Waals surface area contributed by atoms with Gasteiger partial charge in [0.1, 0.15) is 16.8 Å². The molecule has 0 heterocycles. The number of nitrogens with zero attached hydrogens (tertiary/aromatic N) is 1. The molecule has 2 rings (SSSR count). The molecule has 0 aliphatic rings. The minimum Gasteiger partial charge on any atom is -0.223 e. The molecule has 0 atom stereocenters. The van der Waals surface area contributed by atoms with Crippen molar-refractivity contribution in [2.45, 2.75) is 6.42 Å². The van der Waals surface area contributed by atoms with Crippen LogP contribution < -0.4 is 0 Å². The molecule has 7 heteroatoms. The molecule has 2 aromatic carbocycles. The van der Waals surface area contributed by atoms with E-state index in [1.165, 1.54) is 6.07 Å². The Morgan fingerprint density at radius 3 is 2.54 bits per heavy atom. The predicted octanol–water partition coefficient (Wildman–Crippen LogP) is 4.63. The van der Waals surface area contributed by atoms with Crippen molar-refractivity contribution in [3.8, 4) is 6.07 Å². The van der Waals surface area contributed by atoms with Crippen molar-refractivity contribution in [2.24, 2.45) is 0 Å². The molecule has 0 spiro atoms. The Bertz CT molecular complexity index is 963. The molecule has 3 nitrogen and oxygen atoms in total. The molecule has 0 aliphatic heterocycles. The van der Waals surface area contributed by atoms with Gasteiger partial charge in [0, 0.05) is 18.2 Å². The Morgan fingerprint density at radius 2 is 1.96 bits per heavy atom. The lowest BCUT2D eigenvalue weighted by molar-refractivity contribution is 0.608. The summed E-state index contributed by atoms with van der Waals surface area (Å²) in [5.74, 6) is -0.583. The van der Waals surface area contributed by atoms with Crippen molar-refractivity contribution in [2.75, 3.05) is 6.26 Å². The summed E-state index contributed by atoms with van der Waals surface area (Å²) in [6.07, 6.45) is 2.19. The maximum Gasteiger partial charge on any atom is 0.185 e. The average molecular weight is 384 g/mol. The predicted molar refractivity (Wildman–Crippen MR) is 94.1 cm³/mol. The van der Waals surface area contributed by atoms with Crippen molar-refractivity contribution >= 4 is 39.1 Å². The van der Waals surface area contributed by atoms with E-state index in [4.69, 9.17) is 28.5 Å². The average Bonchev–Trinajstić information content (AvgIpc) is 2.50. The van der Waals surface area contributed by atoms with Crippen LogP contribution in [0, 0.1) is 17.1 Å². The van der Waals surface area contributed by atoms with Crippen LogP contribution in [0.25, 0.3) is 6.08 Å². The van der Waals surface area contributed by atoms with E-state index in [2.05, 4.69) is 0 Å². The van der Waals surface area contributed by atoms with Crippen molar-refractivity contribution in [1.29, 1.82) is 5.26 Å². The first-order chi connectivity index (χ1) is 11.2. The zero-order valence-corrected chi connectivity index (χ0v) is 14.9. The third kappa shape index (κ3) is 4.35. The van der Waals surface area contributed by atoms with E-state index < -0.39 is 20.6 Å². The van der Waals surface area contributed by atoms with Crippen LogP contribution in [0.15, 0.2) is 41.3 Å². The highest BCUT2D eigenvalue weighted by Gasteiger charge is 2.14. The number of hydrogen-bond donors (Lipinski definition) is 0. The highest BCUT2D eigenvalue weighted by molar-refractivity contribution is 7.95. The summed E-state index contributed by atoms with van der Waals surface area (Å²) in [6, 6.07) is 11.2. The van der Waals surface area contributed by atoms with Gasteiger partial charge in [-0.3, -0.25) is 0 Å². The lowest BCUT2D eigenvalue weighted by atomic mass is 10.0. The van der Waals surface area contributed by atoms with Crippen LogP contribution >= 0.6 is 23.2 Å². The van der Waals surface area contributed by atoms with E-state index >= 15 is 0 Å². The number of benzene rings is 2. The summed E-state index contributed by atoms with van der Waals surface area (Å²) in [5, 5.41) is 9.70. The Balaban J connectivity index is 2.43. The van der Waals surface area contributed by atoms with Gasteiger partial charge >= 0.3 is 0 Å². The van der Waals surface area contributed by atoms with Crippen LogP contribution in [0.5, 0.6) is 0 Å². The van der Waals surface area contributed by atoms with Crippen LogP contribution in [0.4, 0.5) is 4.39 Å². The molecular weight excluding hydrogens is 372 g/mol. The summed E-state index contributed by atoms with van der Waals surface area (Å²) < 4.78 is 37.6. The van der Waals surface area contributed by atoms with Gasteiger partial charge in [-0.15, -0.1) is 0 Å². The summed E-state index contributed by atoms with van der Waals surface area (Å²) in [7, 11) is -3.71. The lowest BCUT2D eigenvalue weighted by Crippen LogP contribution is -2.00. The minimum atomic E-state index is -3.71. The summed E-state index contributed by atoms with van der Waals surface area (Å²) >= 11 is 11.8. The first-order valence-corrected chi connectivity index (χ1v) is 9.40. The first kappa shape index (κ1) is 18.5. The number of nitriles is 1. The maximum absolute atomic E-state index is 14.6. The van der Waals surface area contributed by atoms with Crippen LogP contribution in [-0.4, -0.2) is 14.7 Å². The van der Waals surface area contributed by atoms with Gasteiger partial charge in [0.05, 0.1) is 10.0 Å². The second-order valence-electron chi connectivity index (χ2n) is 5.14. The fourth-order valence-corrected chi connectivity index (χ4v) is 2.91. The highest BCUT2D eigenvalue weighted by atomic mass is 35.5. The SMILES string of the molecule is CS(=O)(=O)/C(C#N)=C/c1cccc(Cc2ccc(Cl)c(Cl)c2)c1F. The molecule has 0 aromatic heterocycles. The molecule has 0 unspecified atom stereocenters. The van der Waals surface area contributed by atoms with Crippen LogP contribution in [0.3, 0.4) is 0 Å². The van der Waals surface area contributed by atoms with Gasteiger partial charge in [-0.1, -0.05) is 47.5 Å². The number of hydrogen-bond acceptors (Lipinski definition) is 3. The van der Waals surface area contributed by atoms with Gasteiger partial charge < -0.3 is 0 Å². The second-order valence-corrected chi connectivity index (χ2v) is 7.94. The summed E-state index contributed by atoms with van der Waals surface area (Å²) in [4.78, 5) is -0.493. The van der Waals surface area contributed by atoms with Gasteiger partial charge in [0.25, 0.3) is 0 Å². The molecule has 0 fully saturated rings. The Morgan fingerprint density at radius 1 is 1.25 bits per heavy atom. The van der Waals surface area contributed by atoms with E-state index in [0.717, 1.165) is 17.9 Å². The van der Waals surface area contributed by atoms with Crippen LogP contribution in [0.1, 0.15) is 16.7 Å². The molecule has 0 N–H and O–H groups in total. The Labute approximate surface area is 149 Å². The van der Waals surface area contributed by atoms with Crippen molar-refractivity contribution in [1.82, 2.24) is 0 Å². The quantitative estimate of drug-likeness (QED) is 0.722. The smallest absolute Gasteiger partial charge is 0.185 e. The molecule has 124 valence electrons. The number of rotatable bonds is 4. The topological polar surface area (TPSA) is 57.9 Å². The second kappa shape index (κ2) is 7.35. The zero-order chi connectivity index (χ0) is 17.9. The van der Waals surface area contributed by atoms with Gasteiger partial charge in [-0.25, -0.2) is 12.8 Å². The van der Waals surface area contributed by atoms with Crippen LogP contribution in [-0.2, 0) is 16.3 Å². The zero-order valence-electron chi connectivity index (χ0n) is 12.6. The molecule has 0 saturated heterocycles. The fraction of sp³-hybridized carbons (Fsp3) is 0.118. The molecule has 0 aliphatic carbocycles. The Kier molecular flexibility index (Phi) is 5.66. The minimum absolute atomic E-state index is 0.0366. The number of sulfone groups is 1. The van der Waals surface area contributed by atoms with E-state index in [0.29, 0.717) is 15.6 Å². The largest absolute Gasteiger partial charge is 0.223 e. The molecule has 0 saturated carbocycles. The van der Waals surface area contributed by atoms with E-state index in [-0.39, 0.29) is 12.0 Å². The molecule has 0 bridgehead atoms. The third-order valence-corrected chi connectivity index (χ3v) is 5.03. The van der Waals surface area contributed by atoms with Crippen molar-refractivity contribution < 1.29 is 12.8 Å². The molecule has 0 radical (unpaired) electrons. The lowest BCUT2D eigenvalue weighted by Gasteiger charge is -2.07. The van der Waals surface area contributed by atoms with Gasteiger partial charge in [-0.2, -0.15) is 5.26 Å². The number of allylic oxidation sites excluding steroid dienone is 1. The summed E-state index contributed by atoms with van der Waals surface area (Å²) in [5.41, 5.74) is 1.15. The van der Waals surface area contributed by atoms with Crippen molar-refractivity contribution in [3.63, 3.8) is 0 Å². The highest BCUT2D eigenvalue weighted by Crippen LogP contribution is 2.25. The van der Waals surface area contributed by atoms with E-state index in [1.54, 1.807) is 36.4 Å². The van der Waals surface area contributed by atoms with Crippen LogP contribution in [0.2, 0.25) is 10.0 Å². The van der Waals surface area contributed by atoms with E-state index in [1.807, 2.05) is 0 Å². The Hall–Kier alpha value is -1.87. The fourth-order valence-electron chi connectivity index (χ4n) is 2.08. The third-order valence-electron chi connectivity index (χ3n) is 3.28.